The van der Waals surface area contributed by atoms with Crippen LogP contribution < -0.4 is 9.47 Å². The van der Waals surface area contributed by atoms with Crippen molar-refractivity contribution >= 4 is 15.9 Å². The zero-order valence-corrected chi connectivity index (χ0v) is 13.4. The predicted octanol–water partition coefficient (Wildman–Crippen LogP) is 2.76. The van der Waals surface area contributed by atoms with Gasteiger partial charge in [-0.15, -0.1) is 5.10 Å². The zero-order valence-electron chi connectivity index (χ0n) is 11.8. The van der Waals surface area contributed by atoms with Gasteiger partial charge < -0.3 is 9.47 Å². The van der Waals surface area contributed by atoms with Crippen LogP contribution in [0.2, 0.25) is 0 Å². The van der Waals surface area contributed by atoms with Gasteiger partial charge in [-0.3, -0.25) is 0 Å². The molecule has 0 aliphatic carbocycles. The molecule has 0 N–H and O–H groups in total. The van der Waals surface area contributed by atoms with Gasteiger partial charge in [-0.2, -0.15) is 5.26 Å². The largest absolute Gasteiger partial charge is 0.490 e. The molecule has 2 aromatic rings. The lowest BCUT2D eigenvalue weighted by molar-refractivity contribution is 0.287. The van der Waals surface area contributed by atoms with Crippen molar-refractivity contribution in [2.24, 2.45) is 0 Å². The van der Waals surface area contributed by atoms with Crippen LogP contribution in [0.3, 0.4) is 0 Å². The fourth-order valence-electron chi connectivity index (χ4n) is 1.83. The highest BCUT2D eigenvalue weighted by molar-refractivity contribution is 9.10. The molecule has 0 unspecified atom stereocenters. The number of hydrogen-bond acceptors (Lipinski definition) is 5. The molecule has 0 radical (unpaired) electrons. The van der Waals surface area contributed by atoms with E-state index in [0.717, 1.165) is 10.0 Å². The minimum absolute atomic E-state index is 0.155. The molecular formula is C14H15BrN4O2. The van der Waals surface area contributed by atoms with E-state index in [1.165, 1.54) is 6.33 Å². The molecule has 0 atom stereocenters. The predicted molar refractivity (Wildman–Crippen MR) is 80.3 cm³/mol. The summed E-state index contributed by atoms with van der Waals surface area (Å²) in [7, 11) is 0. The molecule has 7 heteroatoms. The summed E-state index contributed by atoms with van der Waals surface area (Å²) in [6.45, 7) is 5.47. The molecule has 0 aliphatic heterocycles. The summed E-state index contributed by atoms with van der Waals surface area (Å²) in [6.07, 6.45) is 1.53. The van der Waals surface area contributed by atoms with Crippen LogP contribution in [0.25, 0.3) is 0 Å². The van der Waals surface area contributed by atoms with Gasteiger partial charge in [-0.1, -0.05) is 15.9 Å². The highest BCUT2D eigenvalue weighted by Gasteiger charge is 2.12. The van der Waals surface area contributed by atoms with E-state index in [0.29, 0.717) is 31.3 Å². The Hall–Kier alpha value is -2.07. The van der Waals surface area contributed by atoms with Crippen molar-refractivity contribution in [2.75, 3.05) is 13.2 Å². The normalized spacial score (nSPS) is 10.2. The van der Waals surface area contributed by atoms with Gasteiger partial charge in [0.15, 0.2) is 11.5 Å². The maximum Gasteiger partial charge on any atom is 0.252 e. The number of ether oxygens (including phenoxy) is 2. The molecule has 1 aromatic heterocycles. The number of halogens is 1. The van der Waals surface area contributed by atoms with E-state index in [1.807, 2.05) is 32.0 Å². The number of aromatic nitrogens is 3. The van der Waals surface area contributed by atoms with Crippen molar-refractivity contribution in [2.45, 2.75) is 20.4 Å². The van der Waals surface area contributed by atoms with Gasteiger partial charge in [0.25, 0.3) is 5.82 Å². The van der Waals surface area contributed by atoms with Crippen LogP contribution >= 0.6 is 15.9 Å². The van der Waals surface area contributed by atoms with Crippen LogP contribution in [0.4, 0.5) is 0 Å². The first kappa shape index (κ1) is 15.3. The van der Waals surface area contributed by atoms with Crippen molar-refractivity contribution in [3.63, 3.8) is 0 Å². The summed E-state index contributed by atoms with van der Waals surface area (Å²) in [4.78, 5) is 3.89. The number of benzene rings is 1. The third-order valence-electron chi connectivity index (χ3n) is 2.68. The van der Waals surface area contributed by atoms with E-state index < -0.39 is 0 Å². The molecule has 2 rings (SSSR count). The standard InChI is InChI=1S/C14H15BrN4O2/c1-3-20-12-5-10(11(15)6-13(12)21-4-2)8-19-9-17-14(7-16)18-19/h5-6,9H,3-4,8H2,1-2H3. The Morgan fingerprint density at radius 3 is 2.48 bits per heavy atom. The molecule has 0 saturated heterocycles. The van der Waals surface area contributed by atoms with Gasteiger partial charge in [0.2, 0.25) is 0 Å². The Bertz CT molecular complexity index is 663. The molecule has 0 aliphatic rings. The Morgan fingerprint density at radius 1 is 1.24 bits per heavy atom. The van der Waals surface area contributed by atoms with Crippen molar-refractivity contribution in [3.8, 4) is 17.6 Å². The maximum atomic E-state index is 8.75. The molecule has 1 heterocycles. The van der Waals surface area contributed by atoms with Gasteiger partial charge in [0, 0.05) is 4.47 Å². The van der Waals surface area contributed by atoms with Crippen LogP contribution in [0, 0.1) is 11.3 Å². The van der Waals surface area contributed by atoms with Gasteiger partial charge in [0.05, 0.1) is 19.8 Å². The third kappa shape index (κ3) is 3.73. The number of hydrogen-bond donors (Lipinski definition) is 0. The first-order valence-electron chi connectivity index (χ1n) is 6.55. The molecule has 0 amide bonds. The van der Waals surface area contributed by atoms with E-state index in [-0.39, 0.29) is 5.82 Å². The summed E-state index contributed by atoms with van der Waals surface area (Å²) < 4.78 is 13.7. The SMILES string of the molecule is CCOc1cc(Br)c(Cn2cnc(C#N)n2)cc1OCC. The Morgan fingerprint density at radius 2 is 1.90 bits per heavy atom. The molecule has 0 bridgehead atoms. The lowest BCUT2D eigenvalue weighted by Gasteiger charge is -2.14. The fraction of sp³-hybridized carbons (Fsp3) is 0.357. The monoisotopic (exact) mass is 350 g/mol. The lowest BCUT2D eigenvalue weighted by atomic mass is 10.2. The van der Waals surface area contributed by atoms with Crippen LogP contribution in [0.15, 0.2) is 22.9 Å². The number of nitriles is 1. The van der Waals surface area contributed by atoms with Crippen LogP contribution in [-0.2, 0) is 6.54 Å². The summed E-state index contributed by atoms with van der Waals surface area (Å²) in [5.41, 5.74) is 0.969. The minimum atomic E-state index is 0.155. The molecule has 0 saturated carbocycles. The Kier molecular flexibility index (Phi) is 5.17. The van der Waals surface area contributed by atoms with E-state index in [1.54, 1.807) is 4.68 Å². The Labute approximate surface area is 131 Å². The quantitative estimate of drug-likeness (QED) is 0.800. The van der Waals surface area contributed by atoms with E-state index in [9.17, 15) is 0 Å². The molecule has 110 valence electrons. The molecule has 1 aromatic carbocycles. The second-order valence-corrected chi connectivity index (χ2v) is 4.99. The molecule has 0 fully saturated rings. The van der Waals surface area contributed by atoms with Crippen molar-refractivity contribution in [1.82, 2.24) is 14.8 Å². The maximum absolute atomic E-state index is 8.75. The van der Waals surface area contributed by atoms with Crippen LogP contribution in [0.5, 0.6) is 11.5 Å². The number of rotatable bonds is 6. The van der Waals surface area contributed by atoms with Gasteiger partial charge in [0.1, 0.15) is 12.4 Å². The summed E-state index contributed by atoms with van der Waals surface area (Å²) in [5, 5.41) is 12.8. The zero-order chi connectivity index (χ0) is 15.2. The average molecular weight is 351 g/mol. The third-order valence-corrected chi connectivity index (χ3v) is 3.42. The summed E-state index contributed by atoms with van der Waals surface area (Å²) >= 11 is 3.52. The molecule has 21 heavy (non-hydrogen) atoms. The molecule has 6 nitrogen and oxygen atoms in total. The minimum Gasteiger partial charge on any atom is -0.490 e. The van der Waals surface area contributed by atoms with Gasteiger partial charge in [-0.05, 0) is 31.5 Å². The van der Waals surface area contributed by atoms with Crippen molar-refractivity contribution in [3.05, 3.63) is 34.3 Å². The fourth-order valence-corrected chi connectivity index (χ4v) is 2.28. The van der Waals surface area contributed by atoms with Gasteiger partial charge in [-0.25, -0.2) is 9.67 Å². The van der Waals surface area contributed by atoms with Crippen LogP contribution in [0.1, 0.15) is 25.2 Å². The summed E-state index contributed by atoms with van der Waals surface area (Å²) in [5.74, 6) is 1.55. The van der Waals surface area contributed by atoms with Crippen molar-refractivity contribution < 1.29 is 9.47 Å². The first-order valence-corrected chi connectivity index (χ1v) is 7.34. The molecule has 0 spiro atoms. The second kappa shape index (κ2) is 7.09. The first-order chi connectivity index (χ1) is 10.2. The summed E-state index contributed by atoms with van der Waals surface area (Å²) in [6, 6.07) is 5.70. The second-order valence-electron chi connectivity index (χ2n) is 4.13. The highest BCUT2D eigenvalue weighted by atomic mass is 79.9. The number of nitrogens with zero attached hydrogens (tertiary/aromatic N) is 4. The van der Waals surface area contributed by atoms with E-state index >= 15 is 0 Å². The van der Waals surface area contributed by atoms with E-state index in [2.05, 4.69) is 26.0 Å². The van der Waals surface area contributed by atoms with Crippen molar-refractivity contribution in [1.29, 1.82) is 5.26 Å². The average Bonchev–Trinajstić information content (AvgIpc) is 2.92. The smallest absolute Gasteiger partial charge is 0.252 e. The Balaban J connectivity index is 2.30. The van der Waals surface area contributed by atoms with Crippen LogP contribution in [-0.4, -0.2) is 28.0 Å². The lowest BCUT2D eigenvalue weighted by Crippen LogP contribution is -2.04. The molecular weight excluding hydrogens is 336 g/mol. The topological polar surface area (TPSA) is 73.0 Å². The van der Waals surface area contributed by atoms with Gasteiger partial charge >= 0.3 is 0 Å². The van der Waals surface area contributed by atoms with E-state index in [4.69, 9.17) is 14.7 Å². The highest BCUT2D eigenvalue weighted by Crippen LogP contribution is 2.34.